The van der Waals surface area contributed by atoms with Crippen LogP contribution in [0.4, 0.5) is 0 Å². The van der Waals surface area contributed by atoms with E-state index in [1.165, 1.54) is 20.8 Å². The lowest BCUT2D eigenvalue weighted by atomic mass is 9.85. The van der Waals surface area contributed by atoms with Crippen LogP contribution in [0.1, 0.15) is 130 Å². The molecule has 0 aromatic carbocycles. The molecule has 0 spiro atoms. The van der Waals surface area contributed by atoms with Gasteiger partial charge in [0.2, 0.25) is 11.8 Å². The topological polar surface area (TPSA) is 231 Å². The van der Waals surface area contributed by atoms with Crippen molar-refractivity contribution in [1.82, 2.24) is 4.90 Å². The zero-order chi connectivity index (χ0) is 51.1. The van der Waals surface area contributed by atoms with E-state index in [4.69, 9.17) is 37.9 Å². The predicted octanol–water partition coefficient (Wildman–Crippen LogP) is 5.49. The van der Waals surface area contributed by atoms with Gasteiger partial charge in [0.15, 0.2) is 0 Å². The van der Waals surface area contributed by atoms with Crippen LogP contribution in [0.25, 0.3) is 0 Å². The summed E-state index contributed by atoms with van der Waals surface area (Å²) in [4.78, 5) is 122. The fourth-order valence-electron chi connectivity index (χ4n) is 6.52. The predicted molar refractivity (Wildman–Crippen MR) is 239 cm³/mol. The first-order valence-electron chi connectivity index (χ1n) is 23.2. The van der Waals surface area contributed by atoms with Crippen molar-refractivity contribution >= 4 is 53.6 Å². The lowest BCUT2D eigenvalue weighted by Crippen LogP contribution is -2.48. The number of esters is 7. The minimum Gasteiger partial charge on any atom is -0.464 e. The van der Waals surface area contributed by atoms with Crippen molar-refractivity contribution < 1.29 is 81.0 Å². The van der Waals surface area contributed by atoms with Crippen LogP contribution in [0, 0.1) is 49.7 Å². The first kappa shape index (κ1) is 56.5. The molecule has 2 amide bonds. The summed E-state index contributed by atoms with van der Waals surface area (Å²) in [5, 5.41) is 0. The average Bonchev–Trinajstić information content (AvgIpc) is 3.99. The summed E-state index contributed by atoms with van der Waals surface area (Å²) in [5.74, 6) is -7.98. The maximum Gasteiger partial charge on any atom is 0.318 e. The highest BCUT2D eigenvalue weighted by Gasteiger charge is 2.60. The van der Waals surface area contributed by atoms with Crippen LogP contribution in [0.5, 0.6) is 0 Å². The normalized spacial score (nSPS) is 19.7. The van der Waals surface area contributed by atoms with Gasteiger partial charge in [-0.3, -0.25) is 48.1 Å². The van der Waals surface area contributed by atoms with E-state index in [-0.39, 0.29) is 6.54 Å². The number of hydrogen-bond acceptors (Lipinski definition) is 17. The number of fused-ring (bicyclic) bond motifs is 5. The second-order valence-electron chi connectivity index (χ2n) is 21.6. The summed E-state index contributed by atoms with van der Waals surface area (Å²) in [5.41, 5.74) is -9.31. The van der Waals surface area contributed by atoms with Gasteiger partial charge in [0.05, 0.1) is 52.2 Å². The fourth-order valence-corrected chi connectivity index (χ4v) is 6.52. The summed E-state index contributed by atoms with van der Waals surface area (Å²) >= 11 is 0. The largest absolute Gasteiger partial charge is 0.464 e. The second kappa shape index (κ2) is 21.6. The van der Waals surface area contributed by atoms with Gasteiger partial charge in [-0.1, -0.05) is 39.8 Å². The van der Waals surface area contributed by atoms with Crippen LogP contribution in [-0.4, -0.2) is 124 Å². The molecule has 3 heterocycles. The van der Waals surface area contributed by atoms with E-state index in [1.807, 2.05) is 0 Å². The monoisotopic (exact) mass is 950 g/mol. The molecule has 4 atom stereocenters. The molecule has 0 N–H and O–H groups in total. The molecular formula is C49H75NO17. The van der Waals surface area contributed by atoms with Gasteiger partial charge in [0.1, 0.15) is 62.5 Å². The summed E-state index contributed by atoms with van der Waals surface area (Å²) in [7, 11) is 0. The van der Waals surface area contributed by atoms with Crippen LogP contribution >= 0.6 is 0 Å². The Kier molecular flexibility index (Phi) is 18.2. The molecule has 0 radical (unpaired) electrons. The van der Waals surface area contributed by atoms with Crippen molar-refractivity contribution in [2.24, 2.45) is 49.7 Å². The number of likely N-dealkylation sites (tertiary alicyclic amines) is 1. The summed E-state index contributed by atoms with van der Waals surface area (Å²) < 4.78 is 45.2. The molecular weight excluding hydrogens is 875 g/mol. The Hall–Kier alpha value is -4.87. The van der Waals surface area contributed by atoms with Gasteiger partial charge in [-0.05, 0) is 102 Å². The Morgan fingerprint density at radius 3 is 0.925 bits per heavy atom. The molecule has 3 aliphatic heterocycles. The molecule has 4 unspecified atom stereocenters. The van der Waals surface area contributed by atoms with Crippen LogP contribution in [0.2, 0.25) is 0 Å². The highest BCUT2D eigenvalue weighted by molar-refractivity contribution is 6.06. The smallest absolute Gasteiger partial charge is 0.318 e. The van der Waals surface area contributed by atoms with Gasteiger partial charge < -0.3 is 37.9 Å². The molecule has 2 fully saturated rings. The third kappa shape index (κ3) is 13.0. The zero-order valence-corrected chi connectivity index (χ0v) is 42.3. The van der Waals surface area contributed by atoms with Gasteiger partial charge >= 0.3 is 41.8 Å². The standard InChI is InChI=1S/C49H75NO17/c1-16-43(5,6)36(53)61-24-48(14,25-62-37(54)44(7,8)17-2)41(58)65-28-47(13,40(57)60-23-22-50-34(51)32-30-20-21-31(67-30)33(32)35(50)52)29-66-42(59)49(15,26-63-38(55)45(9,10)18-3)27-64-39(56)46(11,12)19-4/h20-21,30-33H,16-19,22-29H2,1-15H3. The molecule has 67 heavy (non-hydrogen) atoms. The van der Waals surface area contributed by atoms with Gasteiger partial charge in [0, 0.05) is 0 Å². The maximum atomic E-state index is 14.2. The van der Waals surface area contributed by atoms with Crippen molar-refractivity contribution in [2.45, 2.75) is 142 Å². The number of hydrogen-bond donors (Lipinski definition) is 0. The van der Waals surface area contributed by atoms with E-state index >= 15 is 0 Å². The third-order valence-corrected chi connectivity index (χ3v) is 13.9. The number of carbonyl (C=O) groups excluding carboxylic acids is 9. The number of imide groups is 1. The Balaban J connectivity index is 1.93. The van der Waals surface area contributed by atoms with Gasteiger partial charge in [-0.25, -0.2) is 0 Å². The van der Waals surface area contributed by atoms with Crippen LogP contribution < -0.4 is 0 Å². The molecule has 18 heteroatoms. The molecule has 2 saturated heterocycles. The fraction of sp³-hybridized carbons (Fsp3) is 0.776. The summed E-state index contributed by atoms with van der Waals surface area (Å²) in [6, 6.07) is 0. The van der Waals surface area contributed by atoms with E-state index in [1.54, 1.807) is 95.2 Å². The van der Waals surface area contributed by atoms with Crippen molar-refractivity contribution in [3.63, 3.8) is 0 Å². The number of amides is 2. The maximum absolute atomic E-state index is 14.2. The average molecular weight is 950 g/mol. The molecule has 0 saturated carbocycles. The number of nitrogens with zero attached hydrogens (tertiary/aromatic N) is 1. The van der Waals surface area contributed by atoms with Gasteiger partial charge in [-0.15, -0.1) is 0 Å². The Labute approximate surface area is 395 Å². The van der Waals surface area contributed by atoms with Crippen LogP contribution in [0.3, 0.4) is 0 Å². The second-order valence-corrected chi connectivity index (χ2v) is 21.6. The molecule has 0 aliphatic carbocycles. The number of carbonyl (C=O) groups is 9. The van der Waals surface area contributed by atoms with E-state index in [9.17, 15) is 43.2 Å². The number of rotatable bonds is 26. The first-order chi connectivity index (χ1) is 30.8. The summed E-state index contributed by atoms with van der Waals surface area (Å²) in [6.07, 6.45) is 4.07. The summed E-state index contributed by atoms with van der Waals surface area (Å²) in [6.45, 7) is 19.8. The first-order valence-corrected chi connectivity index (χ1v) is 23.2. The van der Waals surface area contributed by atoms with Crippen LogP contribution in [-0.2, 0) is 81.0 Å². The highest BCUT2D eigenvalue weighted by Crippen LogP contribution is 2.45. The minimum atomic E-state index is -2.01. The third-order valence-electron chi connectivity index (χ3n) is 13.9. The van der Waals surface area contributed by atoms with Crippen LogP contribution in [0.15, 0.2) is 12.2 Å². The van der Waals surface area contributed by atoms with Crippen molar-refractivity contribution in [3.8, 4) is 0 Å². The lowest BCUT2D eigenvalue weighted by Gasteiger charge is -2.33. The van der Waals surface area contributed by atoms with Gasteiger partial charge in [0.25, 0.3) is 0 Å². The van der Waals surface area contributed by atoms with Crippen molar-refractivity contribution in [1.29, 1.82) is 0 Å². The highest BCUT2D eigenvalue weighted by atomic mass is 16.6. The molecule has 378 valence electrons. The Morgan fingerprint density at radius 1 is 0.433 bits per heavy atom. The quantitative estimate of drug-likeness (QED) is 0.0451. The SMILES string of the molecule is CCC(C)(C)C(=O)OCC(C)(COC(=O)C(C)(C)CC)C(=O)OCC(C)(COC(=O)C(C)(COC(=O)C(C)(C)CC)COC(=O)C(C)(C)CC)C(=O)OCCN1C(=O)C2C3C=CC(O3)C2C1=O. The van der Waals surface area contributed by atoms with Gasteiger partial charge in [-0.2, -0.15) is 0 Å². The van der Waals surface area contributed by atoms with E-state index < -0.39 is 162 Å². The number of ether oxygens (including phenoxy) is 8. The molecule has 0 aromatic heterocycles. The van der Waals surface area contributed by atoms with E-state index in [2.05, 4.69) is 0 Å². The Morgan fingerprint density at radius 2 is 0.672 bits per heavy atom. The van der Waals surface area contributed by atoms with E-state index in [0.717, 1.165) is 4.90 Å². The lowest BCUT2D eigenvalue weighted by molar-refractivity contribution is -0.184. The molecule has 3 rings (SSSR count). The van der Waals surface area contributed by atoms with Crippen molar-refractivity contribution in [2.75, 3.05) is 52.8 Å². The zero-order valence-electron chi connectivity index (χ0n) is 42.3. The molecule has 2 bridgehead atoms. The molecule has 18 nitrogen and oxygen atoms in total. The van der Waals surface area contributed by atoms with E-state index in [0.29, 0.717) is 25.7 Å². The van der Waals surface area contributed by atoms with Crippen molar-refractivity contribution in [3.05, 3.63) is 12.2 Å². The Bertz CT molecular complexity index is 1740. The molecule has 0 aromatic rings. The minimum absolute atomic E-state index is 0.306. The molecule has 3 aliphatic rings.